The second-order valence-electron chi connectivity index (χ2n) is 5.25. The third-order valence-corrected chi connectivity index (χ3v) is 3.87. The summed E-state index contributed by atoms with van der Waals surface area (Å²) in [7, 11) is 0. The normalized spacial score (nSPS) is 13.6. The number of rotatable bonds is 0. The van der Waals surface area contributed by atoms with E-state index in [2.05, 4.69) is 24.1 Å². The van der Waals surface area contributed by atoms with Crippen LogP contribution < -0.4 is 5.43 Å². The first-order valence-electron chi connectivity index (χ1n) is 7.23. The molecule has 0 aliphatic heterocycles. The third kappa shape index (κ3) is 1.96. The van der Waals surface area contributed by atoms with Crippen LogP contribution in [-0.4, -0.2) is 4.57 Å². The molecule has 2 aromatic carbocycles. The topological polar surface area (TPSA) is 22.0 Å². The Hall–Kier alpha value is -3.05. The van der Waals surface area contributed by atoms with Crippen LogP contribution in [0.25, 0.3) is 21.8 Å². The fourth-order valence-electron chi connectivity index (χ4n) is 2.78. The fraction of sp³-hybridized carbons (Fsp3) is 0.0500. The third-order valence-electron chi connectivity index (χ3n) is 3.87. The molecular formula is C20H13NO. The Balaban J connectivity index is 2.09. The first-order chi connectivity index (χ1) is 10.8. The molecule has 3 aromatic rings. The van der Waals surface area contributed by atoms with Crippen LogP contribution in [-0.2, 0) is 0 Å². The molecule has 0 atom stereocenters. The zero-order valence-corrected chi connectivity index (χ0v) is 11.9. The largest absolute Gasteiger partial charge is 0.288 e. The molecule has 0 N–H and O–H groups in total. The van der Waals surface area contributed by atoms with E-state index < -0.39 is 0 Å². The highest BCUT2D eigenvalue weighted by molar-refractivity contribution is 5.94. The van der Waals surface area contributed by atoms with E-state index in [0.717, 1.165) is 11.0 Å². The van der Waals surface area contributed by atoms with Crippen LogP contribution in [0.1, 0.15) is 0 Å². The molecule has 104 valence electrons. The minimum absolute atomic E-state index is 0.0601. The molecule has 1 aliphatic carbocycles. The highest BCUT2D eigenvalue weighted by Gasteiger charge is 2.08. The van der Waals surface area contributed by atoms with E-state index in [0.29, 0.717) is 10.8 Å². The Morgan fingerprint density at radius 2 is 1.36 bits per heavy atom. The van der Waals surface area contributed by atoms with E-state index in [9.17, 15) is 4.79 Å². The quantitative estimate of drug-likeness (QED) is 0.455. The smallest absolute Gasteiger partial charge is 0.197 e. The second kappa shape index (κ2) is 5.05. The van der Waals surface area contributed by atoms with Gasteiger partial charge in [-0.15, -0.1) is 0 Å². The van der Waals surface area contributed by atoms with Gasteiger partial charge in [0.05, 0.1) is 17.0 Å². The van der Waals surface area contributed by atoms with Crippen molar-refractivity contribution in [2.75, 3.05) is 0 Å². The number of fused-ring (bicyclic) bond motifs is 2. The van der Waals surface area contributed by atoms with Gasteiger partial charge in [-0.2, -0.15) is 0 Å². The summed E-state index contributed by atoms with van der Waals surface area (Å²) in [5.41, 5.74) is 1.76. The van der Waals surface area contributed by atoms with E-state index in [-0.39, 0.29) is 11.3 Å². The number of hydrogen-bond donors (Lipinski definition) is 0. The minimum atomic E-state index is 0.0601. The maximum Gasteiger partial charge on any atom is 0.197 e. The Kier molecular flexibility index (Phi) is 2.91. The van der Waals surface area contributed by atoms with Gasteiger partial charge in [0.25, 0.3) is 0 Å². The summed E-state index contributed by atoms with van der Waals surface area (Å²) in [6, 6.07) is 18.5. The number of hydrogen-bond acceptors (Lipinski definition) is 1. The molecule has 0 amide bonds. The van der Waals surface area contributed by atoms with Gasteiger partial charge < -0.3 is 0 Å². The summed E-state index contributed by atoms with van der Waals surface area (Å²) >= 11 is 0. The number of para-hydroxylation sites is 2. The summed E-state index contributed by atoms with van der Waals surface area (Å²) < 4.78 is 1.92. The Morgan fingerprint density at radius 3 is 1.95 bits per heavy atom. The molecule has 2 nitrogen and oxygen atoms in total. The number of pyridine rings is 1. The van der Waals surface area contributed by atoms with Crippen molar-refractivity contribution in [2.24, 2.45) is 5.92 Å². The van der Waals surface area contributed by atoms with E-state index in [1.54, 1.807) is 0 Å². The van der Waals surface area contributed by atoms with Crippen LogP contribution in [0.2, 0.25) is 0 Å². The lowest BCUT2D eigenvalue weighted by atomic mass is 10.1. The predicted molar refractivity (Wildman–Crippen MR) is 90.7 cm³/mol. The highest BCUT2D eigenvalue weighted by atomic mass is 16.1. The maximum absolute atomic E-state index is 12.6. The Labute approximate surface area is 128 Å². The van der Waals surface area contributed by atoms with Crippen LogP contribution in [0.15, 0.2) is 77.6 Å². The van der Waals surface area contributed by atoms with E-state index in [1.165, 1.54) is 0 Å². The number of aromatic nitrogens is 1. The predicted octanol–water partition coefficient (Wildman–Crippen LogP) is 3.71. The Bertz CT molecular complexity index is 986. The van der Waals surface area contributed by atoms with Crippen LogP contribution in [0.3, 0.4) is 0 Å². The summed E-state index contributed by atoms with van der Waals surface area (Å²) in [4.78, 5) is 12.6. The van der Waals surface area contributed by atoms with Crippen molar-refractivity contribution in [1.29, 1.82) is 0 Å². The summed E-state index contributed by atoms with van der Waals surface area (Å²) in [6.45, 7) is 0. The molecule has 2 heteroatoms. The van der Waals surface area contributed by atoms with Gasteiger partial charge in [0, 0.05) is 16.8 Å². The minimum Gasteiger partial charge on any atom is -0.288 e. The van der Waals surface area contributed by atoms with E-state index in [4.69, 9.17) is 0 Å². The molecule has 0 radical (unpaired) electrons. The lowest BCUT2D eigenvalue weighted by molar-refractivity contribution is 1.13. The molecule has 0 unspecified atom stereocenters. The average Bonchev–Trinajstić information content (AvgIpc) is 3.08. The average molecular weight is 283 g/mol. The van der Waals surface area contributed by atoms with Crippen molar-refractivity contribution in [2.45, 2.75) is 0 Å². The second-order valence-corrected chi connectivity index (χ2v) is 5.25. The van der Waals surface area contributed by atoms with Gasteiger partial charge in [0.15, 0.2) is 5.43 Å². The van der Waals surface area contributed by atoms with Gasteiger partial charge in [-0.25, -0.2) is 0 Å². The molecular weight excluding hydrogens is 270 g/mol. The van der Waals surface area contributed by atoms with E-state index >= 15 is 0 Å². The molecule has 1 heterocycles. The van der Waals surface area contributed by atoms with Gasteiger partial charge in [0.1, 0.15) is 0 Å². The van der Waals surface area contributed by atoms with Crippen molar-refractivity contribution >= 4 is 21.8 Å². The Morgan fingerprint density at radius 1 is 0.818 bits per heavy atom. The van der Waals surface area contributed by atoms with Crippen molar-refractivity contribution in [3.63, 3.8) is 0 Å². The zero-order valence-electron chi connectivity index (χ0n) is 11.9. The van der Waals surface area contributed by atoms with Crippen LogP contribution in [0, 0.1) is 17.9 Å². The van der Waals surface area contributed by atoms with Crippen molar-refractivity contribution in [1.82, 2.24) is 4.57 Å². The molecule has 1 aromatic heterocycles. The standard InChI is InChI=1S/C20H13NO/c22-20-16-9-3-5-11-18(16)21(14-13-15-7-1-2-8-15)19-12-6-4-10-17(19)20/h1-12,15H. The van der Waals surface area contributed by atoms with Gasteiger partial charge in [-0.3, -0.25) is 9.36 Å². The SMILES string of the molecule is O=c1c2ccccc2n(C#CC2C=CC=C2)c2ccccc12. The van der Waals surface area contributed by atoms with Gasteiger partial charge in [0.2, 0.25) is 0 Å². The zero-order chi connectivity index (χ0) is 14.9. The molecule has 0 saturated heterocycles. The number of benzene rings is 2. The molecule has 0 bridgehead atoms. The molecule has 0 fully saturated rings. The molecule has 0 saturated carbocycles. The first kappa shape index (κ1) is 12.7. The highest BCUT2D eigenvalue weighted by Crippen LogP contribution is 2.18. The lowest BCUT2D eigenvalue weighted by Gasteiger charge is -2.09. The van der Waals surface area contributed by atoms with Crippen LogP contribution >= 0.6 is 0 Å². The molecule has 22 heavy (non-hydrogen) atoms. The van der Waals surface area contributed by atoms with Crippen molar-refractivity contribution in [3.05, 3.63) is 83.1 Å². The summed E-state index contributed by atoms with van der Waals surface area (Å²) in [5, 5.41) is 1.40. The lowest BCUT2D eigenvalue weighted by Crippen LogP contribution is -2.09. The van der Waals surface area contributed by atoms with Gasteiger partial charge >= 0.3 is 0 Å². The molecule has 4 rings (SSSR count). The van der Waals surface area contributed by atoms with Gasteiger partial charge in [-0.05, 0) is 24.3 Å². The van der Waals surface area contributed by atoms with Gasteiger partial charge in [-0.1, -0.05) is 54.5 Å². The van der Waals surface area contributed by atoms with E-state index in [1.807, 2.05) is 65.3 Å². The van der Waals surface area contributed by atoms with Crippen molar-refractivity contribution < 1.29 is 0 Å². The van der Waals surface area contributed by atoms with Crippen LogP contribution in [0.4, 0.5) is 0 Å². The van der Waals surface area contributed by atoms with Crippen LogP contribution in [0.5, 0.6) is 0 Å². The number of allylic oxidation sites excluding steroid dienone is 4. The first-order valence-corrected chi connectivity index (χ1v) is 7.23. The summed E-state index contributed by atoms with van der Waals surface area (Å²) in [5.74, 6) is 3.38. The maximum atomic E-state index is 12.6. The molecule has 0 spiro atoms. The van der Waals surface area contributed by atoms with Crippen molar-refractivity contribution in [3.8, 4) is 12.0 Å². The number of nitrogens with zero attached hydrogens (tertiary/aromatic N) is 1. The fourth-order valence-corrected chi connectivity index (χ4v) is 2.78. The monoisotopic (exact) mass is 283 g/mol. The summed E-state index contributed by atoms with van der Waals surface area (Å²) in [6.07, 6.45) is 8.11. The molecule has 1 aliphatic rings.